The number of ether oxygens (including phenoxy) is 1. The van der Waals surface area contributed by atoms with E-state index in [9.17, 15) is 14.9 Å². The van der Waals surface area contributed by atoms with Crippen molar-refractivity contribution in [1.29, 1.82) is 0 Å². The second-order valence-corrected chi connectivity index (χ2v) is 4.85. The Hall–Kier alpha value is -2.22. The smallest absolute Gasteiger partial charge is 0.288 e. The number of aromatic nitrogens is 1. The molecule has 1 aliphatic heterocycles. The SMILES string of the molecule is CC1CN(C(=O)c2cc([N+](=O)[O-])cnc2N)CC(C)O1. The van der Waals surface area contributed by atoms with E-state index in [1.165, 1.54) is 0 Å². The molecule has 2 atom stereocenters. The Morgan fingerprint density at radius 3 is 2.65 bits per heavy atom. The van der Waals surface area contributed by atoms with E-state index in [-0.39, 0.29) is 35.2 Å². The van der Waals surface area contributed by atoms with Crippen LogP contribution in [-0.2, 0) is 4.74 Å². The standard InChI is InChI=1S/C12H16N4O4/c1-7-5-15(6-8(2)20-7)12(17)10-3-9(16(18)19)4-14-11(10)13/h3-4,7-8H,5-6H2,1-2H3,(H2,13,14). The summed E-state index contributed by atoms with van der Waals surface area (Å²) in [5, 5.41) is 10.7. The number of hydrogen-bond donors (Lipinski definition) is 1. The van der Waals surface area contributed by atoms with Gasteiger partial charge in [-0.2, -0.15) is 0 Å². The van der Waals surface area contributed by atoms with E-state index >= 15 is 0 Å². The quantitative estimate of drug-likeness (QED) is 0.634. The molecule has 0 radical (unpaired) electrons. The highest BCUT2D eigenvalue weighted by molar-refractivity contribution is 5.99. The summed E-state index contributed by atoms with van der Waals surface area (Å²) in [7, 11) is 0. The van der Waals surface area contributed by atoms with E-state index in [1.54, 1.807) is 4.90 Å². The second-order valence-electron chi connectivity index (χ2n) is 4.85. The molecule has 108 valence electrons. The number of carbonyl (C=O) groups is 1. The first-order valence-corrected chi connectivity index (χ1v) is 6.23. The molecule has 2 rings (SSSR count). The van der Waals surface area contributed by atoms with Crippen LogP contribution in [0.1, 0.15) is 24.2 Å². The number of nitrogen functional groups attached to an aromatic ring is 1. The van der Waals surface area contributed by atoms with E-state index in [4.69, 9.17) is 10.5 Å². The normalized spacial score (nSPS) is 22.6. The molecule has 2 unspecified atom stereocenters. The first kappa shape index (κ1) is 14.2. The van der Waals surface area contributed by atoms with Crippen LogP contribution in [0.3, 0.4) is 0 Å². The number of hydrogen-bond acceptors (Lipinski definition) is 6. The molecule has 1 aliphatic rings. The van der Waals surface area contributed by atoms with Gasteiger partial charge in [0.05, 0.1) is 22.7 Å². The highest BCUT2D eigenvalue weighted by Gasteiger charge is 2.28. The molecule has 0 aromatic carbocycles. The van der Waals surface area contributed by atoms with Crippen molar-refractivity contribution in [1.82, 2.24) is 9.88 Å². The average Bonchev–Trinajstić information content (AvgIpc) is 2.37. The van der Waals surface area contributed by atoms with Gasteiger partial charge in [-0.3, -0.25) is 14.9 Å². The van der Waals surface area contributed by atoms with E-state index < -0.39 is 4.92 Å². The minimum absolute atomic E-state index is 0.00704. The molecule has 2 N–H and O–H groups in total. The van der Waals surface area contributed by atoms with E-state index in [0.717, 1.165) is 12.3 Å². The molecular weight excluding hydrogens is 264 g/mol. The summed E-state index contributed by atoms with van der Waals surface area (Å²) >= 11 is 0. The minimum atomic E-state index is -0.603. The van der Waals surface area contributed by atoms with Gasteiger partial charge in [-0.1, -0.05) is 0 Å². The van der Waals surface area contributed by atoms with Crippen molar-refractivity contribution in [3.05, 3.63) is 27.9 Å². The van der Waals surface area contributed by atoms with Crippen LogP contribution < -0.4 is 5.73 Å². The Morgan fingerprint density at radius 2 is 2.10 bits per heavy atom. The number of nitrogens with two attached hydrogens (primary N) is 1. The highest BCUT2D eigenvalue weighted by atomic mass is 16.6. The number of morpholine rings is 1. The second kappa shape index (κ2) is 5.41. The molecule has 8 nitrogen and oxygen atoms in total. The third kappa shape index (κ3) is 2.85. The summed E-state index contributed by atoms with van der Waals surface area (Å²) in [6, 6.07) is 1.16. The molecule has 0 saturated carbocycles. The van der Waals surface area contributed by atoms with Gasteiger partial charge >= 0.3 is 0 Å². The Bertz CT molecular complexity index is 538. The van der Waals surface area contributed by atoms with Crippen LogP contribution in [0.5, 0.6) is 0 Å². The van der Waals surface area contributed by atoms with Gasteiger partial charge in [0.2, 0.25) is 0 Å². The van der Waals surface area contributed by atoms with Gasteiger partial charge in [0.15, 0.2) is 0 Å². The molecule has 0 spiro atoms. The van der Waals surface area contributed by atoms with Gasteiger partial charge in [0.1, 0.15) is 12.0 Å². The zero-order valence-corrected chi connectivity index (χ0v) is 11.3. The number of amides is 1. The summed E-state index contributed by atoms with van der Waals surface area (Å²) in [5.74, 6) is -0.368. The molecule has 1 amide bonds. The number of anilines is 1. The van der Waals surface area contributed by atoms with Gasteiger partial charge in [-0.25, -0.2) is 4.98 Å². The maximum Gasteiger partial charge on any atom is 0.288 e. The van der Waals surface area contributed by atoms with Crippen molar-refractivity contribution in [3.63, 3.8) is 0 Å². The maximum absolute atomic E-state index is 12.4. The molecule has 1 aromatic heterocycles. The van der Waals surface area contributed by atoms with Crippen molar-refractivity contribution in [3.8, 4) is 0 Å². The Morgan fingerprint density at radius 1 is 1.50 bits per heavy atom. The molecule has 20 heavy (non-hydrogen) atoms. The predicted octanol–water partition coefficient (Wildman–Crippen LogP) is 0.821. The fourth-order valence-electron chi connectivity index (χ4n) is 2.25. The van der Waals surface area contributed by atoms with Crippen LogP contribution in [0, 0.1) is 10.1 Å². The Kier molecular flexibility index (Phi) is 3.84. The summed E-state index contributed by atoms with van der Waals surface area (Å²) < 4.78 is 5.55. The van der Waals surface area contributed by atoms with Gasteiger partial charge < -0.3 is 15.4 Å². The highest BCUT2D eigenvalue weighted by Crippen LogP contribution is 2.20. The van der Waals surface area contributed by atoms with Gasteiger partial charge in [-0.15, -0.1) is 0 Å². The molecule has 1 fully saturated rings. The number of rotatable bonds is 2. The zero-order valence-electron chi connectivity index (χ0n) is 11.3. The van der Waals surface area contributed by atoms with Crippen LogP contribution in [-0.4, -0.2) is 46.0 Å². The van der Waals surface area contributed by atoms with Gasteiger partial charge in [0.25, 0.3) is 11.6 Å². The van der Waals surface area contributed by atoms with E-state index in [1.807, 2.05) is 13.8 Å². The van der Waals surface area contributed by atoms with Crippen molar-refractivity contribution in [2.24, 2.45) is 0 Å². The molecule has 1 aromatic rings. The monoisotopic (exact) mass is 280 g/mol. The van der Waals surface area contributed by atoms with Crippen LogP contribution >= 0.6 is 0 Å². The van der Waals surface area contributed by atoms with Gasteiger partial charge in [0, 0.05) is 19.2 Å². The minimum Gasteiger partial charge on any atom is -0.383 e. The summed E-state index contributed by atoms with van der Waals surface area (Å²) in [6.07, 6.45) is 0.864. The Labute approximate surface area is 115 Å². The van der Waals surface area contributed by atoms with Gasteiger partial charge in [-0.05, 0) is 13.8 Å². The van der Waals surface area contributed by atoms with Crippen molar-refractivity contribution >= 4 is 17.4 Å². The van der Waals surface area contributed by atoms with Crippen molar-refractivity contribution in [2.75, 3.05) is 18.8 Å². The number of nitro groups is 1. The predicted molar refractivity (Wildman–Crippen MR) is 71.2 cm³/mol. The molecular formula is C12H16N4O4. The summed E-state index contributed by atoms with van der Waals surface area (Å²) in [6.45, 7) is 4.58. The van der Waals surface area contributed by atoms with Crippen LogP contribution in [0.15, 0.2) is 12.3 Å². The topological polar surface area (TPSA) is 112 Å². The Balaban J connectivity index is 2.28. The number of carbonyl (C=O) groups excluding carboxylic acids is 1. The molecule has 8 heteroatoms. The van der Waals surface area contributed by atoms with E-state index in [2.05, 4.69) is 4.98 Å². The lowest BCUT2D eigenvalue weighted by atomic mass is 10.1. The largest absolute Gasteiger partial charge is 0.383 e. The molecule has 2 heterocycles. The molecule has 0 bridgehead atoms. The number of nitrogens with zero attached hydrogens (tertiary/aromatic N) is 3. The fourth-order valence-corrected chi connectivity index (χ4v) is 2.25. The third-order valence-electron chi connectivity index (χ3n) is 3.05. The lowest BCUT2D eigenvalue weighted by molar-refractivity contribution is -0.385. The average molecular weight is 280 g/mol. The summed E-state index contributed by atoms with van der Waals surface area (Å²) in [5.41, 5.74) is 5.46. The molecule has 1 saturated heterocycles. The van der Waals surface area contributed by atoms with Crippen molar-refractivity contribution < 1.29 is 14.5 Å². The van der Waals surface area contributed by atoms with Crippen LogP contribution in [0.2, 0.25) is 0 Å². The molecule has 0 aliphatic carbocycles. The van der Waals surface area contributed by atoms with Crippen molar-refractivity contribution in [2.45, 2.75) is 26.1 Å². The third-order valence-corrected chi connectivity index (χ3v) is 3.05. The first-order valence-electron chi connectivity index (χ1n) is 6.23. The van der Waals surface area contributed by atoms with Crippen LogP contribution in [0.4, 0.5) is 11.5 Å². The first-order chi connectivity index (χ1) is 9.38. The zero-order chi connectivity index (χ0) is 14.9. The lowest BCUT2D eigenvalue weighted by Crippen LogP contribution is -2.48. The lowest BCUT2D eigenvalue weighted by Gasteiger charge is -2.35. The van der Waals surface area contributed by atoms with Crippen LogP contribution in [0.25, 0.3) is 0 Å². The summed E-state index contributed by atoms with van der Waals surface area (Å²) in [4.78, 5) is 27.8. The number of pyridine rings is 1. The fraction of sp³-hybridized carbons (Fsp3) is 0.500. The maximum atomic E-state index is 12.4. The van der Waals surface area contributed by atoms with E-state index in [0.29, 0.717) is 13.1 Å².